The van der Waals surface area contributed by atoms with Crippen molar-refractivity contribution in [3.63, 3.8) is 0 Å². The second-order valence-corrected chi connectivity index (χ2v) is 7.99. The minimum Gasteiger partial charge on any atom is -0.383 e. The summed E-state index contributed by atoms with van der Waals surface area (Å²) in [7, 11) is 3.24. The molecule has 0 aliphatic rings. The summed E-state index contributed by atoms with van der Waals surface area (Å²) in [5.41, 5.74) is 3.17. The zero-order chi connectivity index (χ0) is 24.2. The van der Waals surface area contributed by atoms with Gasteiger partial charge in [0, 0.05) is 51.5 Å². The Morgan fingerprint density at radius 1 is 0.588 bits per heavy atom. The van der Waals surface area contributed by atoms with Gasteiger partial charge in [-0.15, -0.1) is 0 Å². The maximum atomic E-state index is 13.2. The summed E-state index contributed by atoms with van der Waals surface area (Å²) in [6, 6.07) is 26.6. The number of benzene rings is 3. The van der Waals surface area contributed by atoms with Crippen LogP contribution in [0.4, 0.5) is 0 Å². The standard InChI is InChI=1S/C28H32N2O4/c1-33-19-17-29(21-23-9-5-3-6-10-23)27(31)25-13-15-26(16-14-25)28(32)30(18-20-34-2)22-24-11-7-4-8-12-24/h3-16H,17-22H2,1-2H3. The Morgan fingerprint density at radius 3 is 1.26 bits per heavy atom. The zero-order valence-corrected chi connectivity index (χ0v) is 19.9. The van der Waals surface area contributed by atoms with Crippen LogP contribution in [0.15, 0.2) is 84.9 Å². The molecule has 0 saturated carbocycles. The van der Waals surface area contributed by atoms with Crippen molar-refractivity contribution >= 4 is 11.8 Å². The number of hydrogen-bond acceptors (Lipinski definition) is 4. The fraction of sp³-hybridized carbons (Fsp3) is 0.286. The van der Waals surface area contributed by atoms with Gasteiger partial charge < -0.3 is 19.3 Å². The number of nitrogens with zero attached hydrogens (tertiary/aromatic N) is 2. The molecule has 0 N–H and O–H groups in total. The van der Waals surface area contributed by atoms with Crippen molar-refractivity contribution < 1.29 is 19.1 Å². The van der Waals surface area contributed by atoms with Gasteiger partial charge in [-0.1, -0.05) is 60.7 Å². The molecule has 34 heavy (non-hydrogen) atoms. The number of hydrogen-bond donors (Lipinski definition) is 0. The van der Waals surface area contributed by atoms with Crippen LogP contribution in [0.1, 0.15) is 31.8 Å². The van der Waals surface area contributed by atoms with Gasteiger partial charge in [-0.25, -0.2) is 0 Å². The highest BCUT2D eigenvalue weighted by molar-refractivity contribution is 5.97. The Labute approximate surface area is 201 Å². The lowest BCUT2D eigenvalue weighted by atomic mass is 10.1. The van der Waals surface area contributed by atoms with E-state index < -0.39 is 0 Å². The van der Waals surface area contributed by atoms with Crippen molar-refractivity contribution in [2.75, 3.05) is 40.5 Å². The van der Waals surface area contributed by atoms with Gasteiger partial charge in [0.25, 0.3) is 11.8 Å². The average Bonchev–Trinajstić information content (AvgIpc) is 2.89. The molecule has 178 valence electrons. The van der Waals surface area contributed by atoms with E-state index >= 15 is 0 Å². The van der Waals surface area contributed by atoms with Gasteiger partial charge in [-0.05, 0) is 35.4 Å². The van der Waals surface area contributed by atoms with Gasteiger partial charge in [0.2, 0.25) is 0 Å². The van der Waals surface area contributed by atoms with Crippen molar-refractivity contribution in [1.82, 2.24) is 9.80 Å². The lowest BCUT2D eigenvalue weighted by Crippen LogP contribution is -2.34. The van der Waals surface area contributed by atoms with E-state index in [1.165, 1.54) is 0 Å². The molecule has 0 saturated heterocycles. The molecule has 3 aromatic rings. The van der Waals surface area contributed by atoms with Crippen LogP contribution in [0, 0.1) is 0 Å². The van der Waals surface area contributed by atoms with E-state index in [-0.39, 0.29) is 11.8 Å². The van der Waals surface area contributed by atoms with Gasteiger partial charge in [-0.3, -0.25) is 9.59 Å². The Kier molecular flexibility index (Phi) is 9.82. The van der Waals surface area contributed by atoms with Crippen LogP contribution in [0.5, 0.6) is 0 Å². The smallest absolute Gasteiger partial charge is 0.254 e. The molecule has 0 aliphatic heterocycles. The van der Waals surface area contributed by atoms with E-state index in [0.29, 0.717) is 50.5 Å². The predicted octanol–water partition coefficient (Wildman–Crippen LogP) is 4.26. The Morgan fingerprint density at radius 2 is 0.941 bits per heavy atom. The number of rotatable bonds is 12. The molecule has 0 spiro atoms. The molecule has 6 heteroatoms. The molecule has 0 bridgehead atoms. The number of carbonyl (C=O) groups is 2. The topological polar surface area (TPSA) is 59.1 Å². The summed E-state index contributed by atoms with van der Waals surface area (Å²) in [6.45, 7) is 2.84. The van der Waals surface area contributed by atoms with Crippen molar-refractivity contribution in [2.45, 2.75) is 13.1 Å². The third kappa shape index (κ3) is 7.27. The third-order valence-corrected chi connectivity index (χ3v) is 5.52. The van der Waals surface area contributed by atoms with Crippen LogP contribution >= 0.6 is 0 Å². The molecule has 3 aromatic carbocycles. The minimum atomic E-state index is -0.0968. The first kappa shape index (κ1) is 25.1. The van der Waals surface area contributed by atoms with Crippen LogP contribution < -0.4 is 0 Å². The second-order valence-electron chi connectivity index (χ2n) is 7.99. The van der Waals surface area contributed by atoms with Gasteiger partial charge in [-0.2, -0.15) is 0 Å². The first-order chi connectivity index (χ1) is 16.6. The maximum absolute atomic E-state index is 13.2. The zero-order valence-electron chi connectivity index (χ0n) is 19.9. The largest absolute Gasteiger partial charge is 0.383 e. The molecular formula is C28H32N2O4. The van der Waals surface area contributed by atoms with Gasteiger partial charge in [0.05, 0.1) is 13.2 Å². The minimum absolute atomic E-state index is 0.0968. The molecule has 2 amide bonds. The fourth-order valence-electron chi connectivity index (χ4n) is 3.64. The number of methoxy groups -OCH3 is 2. The Hall–Kier alpha value is -3.48. The molecule has 0 heterocycles. The van der Waals surface area contributed by atoms with Crippen molar-refractivity contribution in [2.24, 2.45) is 0 Å². The van der Waals surface area contributed by atoms with Crippen molar-refractivity contribution in [3.05, 3.63) is 107 Å². The Bertz CT molecular complexity index is 939. The molecule has 3 rings (SSSR count). The highest BCUT2D eigenvalue weighted by atomic mass is 16.5. The quantitative estimate of drug-likeness (QED) is 0.405. The molecule has 0 fully saturated rings. The Balaban J connectivity index is 1.73. The molecule has 0 unspecified atom stereocenters. The summed E-state index contributed by atoms with van der Waals surface area (Å²) in [5.74, 6) is -0.194. The molecule has 0 aliphatic carbocycles. The van der Waals surface area contributed by atoms with E-state index in [9.17, 15) is 9.59 Å². The second kappa shape index (κ2) is 13.3. The van der Waals surface area contributed by atoms with Crippen LogP contribution in [0.25, 0.3) is 0 Å². The summed E-state index contributed by atoms with van der Waals surface area (Å²) >= 11 is 0. The summed E-state index contributed by atoms with van der Waals surface area (Å²) in [4.78, 5) is 29.9. The molecule has 0 radical (unpaired) electrons. The summed E-state index contributed by atoms with van der Waals surface area (Å²) in [5, 5.41) is 0. The summed E-state index contributed by atoms with van der Waals surface area (Å²) in [6.07, 6.45) is 0. The maximum Gasteiger partial charge on any atom is 0.254 e. The number of carbonyl (C=O) groups excluding carboxylic acids is 2. The van der Waals surface area contributed by atoms with Crippen LogP contribution in [-0.2, 0) is 22.6 Å². The van der Waals surface area contributed by atoms with Gasteiger partial charge in [0.15, 0.2) is 0 Å². The molecular weight excluding hydrogens is 428 g/mol. The highest BCUT2D eigenvalue weighted by Crippen LogP contribution is 2.14. The average molecular weight is 461 g/mol. The predicted molar refractivity (Wildman–Crippen MR) is 133 cm³/mol. The van der Waals surface area contributed by atoms with E-state index in [1.54, 1.807) is 48.3 Å². The van der Waals surface area contributed by atoms with Crippen LogP contribution in [-0.4, -0.2) is 62.1 Å². The monoisotopic (exact) mass is 460 g/mol. The molecule has 0 atom stereocenters. The fourth-order valence-corrected chi connectivity index (χ4v) is 3.64. The SMILES string of the molecule is COCCN(Cc1ccccc1)C(=O)c1ccc(C(=O)N(CCOC)Cc2ccccc2)cc1. The van der Waals surface area contributed by atoms with Crippen molar-refractivity contribution in [3.8, 4) is 0 Å². The van der Waals surface area contributed by atoms with E-state index in [2.05, 4.69) is 0 Å². The van der Waals surface area contributed by atoms with Crippen LogP contribution in [0.2, 0.25) is 0 Å². The van der Waals surface area contributed by atoms with Gasteiger partial charge in [0.1, 0.15) is 0 Å². The number of ether oxygens (including phenoxy) is 2. The van der Waals surface area contributed by atoms with Crippen molar-refractivity contribution in [1.29, 1.82) is 0 Å². The highest BCUT2D eigenvalue weighted by Gasteiger charge is 2.19. The molecule has 6 nitrogen and oxygen atoms in total. The molecule has 0 aromatic heterocycles. The van der Waals surface area contributed by atoms with Gasteiger partial charge >= 0.3 is 0 Å². The van der Waals surface area contributed by atoms with E-state index in [1.807, 2.05) is 60.7 Å². The first-order valence-electron chi connectivity index (χ1n) is 11.4. The summed E-state index contributed by atoms with van der Waals surface area (Å²) < 4.78 is 10.4. The lowest BCUT2D eigenvalue weighted by Gasteiger charge is -2.24. The lowest BCUT2D eigenvalue weighted by molar-refractivity contribution is 0.0670. The van der Waals surface area contributed by atoms with Crippen LogP contribution in [0.3, 0.4) is 0 Å². The first-order valence-corrected chi connectivity index (χ1v) is 11.4. The van der Waals surface area contributed by atoms with E-state index in [4.69, 9.17) is 9.47 Å². The van der Waals surface area contributed by atoms with E-state index in [0.717, 1.165) is 11.1 Å². The number of amides is 2. The normalized spacial score (nSPS) is 10.6. The third-order valence-electron chi connectivity index (χ3n) is 5.52.